The van der Waals surface area contributed by atoms with Crippen molar-refractivity contribution < 1.29 is 0 Å². The third kappa shape index (κ3) is 3.10. The summed E-state index contributed by atoms with van der Waals surface area (Å²) in [4.78, 5) is 0. The van der Waals surface area contributed by atoms with Crippen molar-refractivity contribution >= 4 is 17.2 Å². The summed E-state index contributed by atoms with van der Waals surface area (Å²) in [6, 6.07) is 8.41. The van der Waals surface area contributed by atoms with E-state index in [1.54, 1.807) is 0 Å². The fourth-order valence-electron chi connectivity index (χ4n) is 2.14. The van der Waals surface area contributed by atoms with Gasteiger partial charge in [-0.05, 0) is 49.0 Å². The van der Waals surface area contributed by atoms with Crippen LogP contribution < -0.4 is 0 Å². The highest BCUT2D eigenvalue weighted by Gasteiger charge is 2.08. The van der Waals surface area contributed by atoms with Crippen LogP contribution in [0.15, 0.2) is 53.6 Å². The topological polar surface area (TPSA) is 0 Å². The molecule has 1 aliphatic rings. The van der Waals surface area contributed by atoms with Gasteiger partial charge in [-0.1, -0.05) is 54.1 Å². The summed E-state index contributed by atoms with van der Waals surface area (Å²) in [5, 5.41) is 0.954. The van der Waals surface area contributed by atoms with Crippen molar-refractivity contribution in [3.05, 3.63) is 64.7 Å². The number of benzene rings is 1. The maximum absolute atomic E-state index is 5.95. The Bertz CT molecular complexity index is 492. The first-order chi connectivity index (χ1) is 8.16. The second kappa shape index (κ2) is 5.37. The predicted octanol–water partition coefficient (Wildman–Crippen LogP) is 5.24. The van der Waals surface area contributed by atoms with Gasteiger partial charge in [0.1, 0.15) is 0 Å². The van der Waals surface area contributed by atoms with Crippen molar-refractivity contribution in [2.24, 2.45) is 0 Å². The molecule has 0 aliphatic heterocycles. The Morgan fingerprint density at radius 2 is 2.00 bits per heavy atom. The molecule has 0 saturated carbocycles. The van der Waals surface area contributed by atoms with Crippen molar-refractivity contribution in [2.75, 3.05) is 0 Å². The van der Waals surface area contributed by atoms with Crippen LogP contribution in [0.25, 0.3) is 5.57 Å². The lowest BCUT2D eigenvalue weighted by atomic mass is 9.92. The summed E-state index contributed by atoms with van der Waals surface area (Å²) < 4.78 is 0. The lowest BCUT2D eigenvalue weighted by Gasteiger charge is -2.14. The zero-order valence-corrected chi connectivity index (χ0v) is 10.9. The van der Waals surface area contributed by atoms with E-state index >= 15 is 0 Å². The average Bonchev–Trinajstić information content (AvgIpc) is 2.32. The summed E-state index contributed by atoms with van der Waals surface area (Å²) in [5.41, 5.74) is 5.18. The molecule has 0 bridgehead atoms. The molecular weight excluding hydrogens is 228 g/mol. The molecule has 0 amide bonds. The number of allylic oxidation sites excluding steroid dienone is 5. The lowest BCUT2D eigenvalue weighted by Crippen LogP contribution is -1.94. The highest BCUT2D eigenvalue weighted by Crippen LogP contribution is 2.29. The Balaban J connectivity index is 2.11. The van der Waals surface area contributed by atoms with Crippen molar-refractivity contribution in [3.8, 4) is 0 Å². The second-order valence-corrected chi connectivity index (χ2v) is 5.02. The van der Waals surface area contributed by atoms with E-state index in [2.05, 4.69) is 43.8 Å². The molecular formula is C16H17Cl. The van der Waals surface area contributed by atoms with Gasteiger partial charge in [0.2, 0.25) is 0 Å². The third-order valence-electron chi connectivity index (χ3n) is 3.15. The van der Waals surface area contributed by atoms with Crippen LogP contribution in [0.1, 0.15) is 30.4 Å². The van der Waals surface area contributed by atoms with Gasteiger partial charge in [-0.3, -0.25) is 0 Å². The molecule has 88 valence electrons. The molecule has 0 saturated heterocycles. The van der Waals surface area contributed by atoms with Crippen molar-refractivity contribution in [3.63, 3.8) is 0 Å². The van der Waals surface area contributed by atoms with Crippen LogP contribution in [0.5, 0.6) is 0 Å². The molecule has 0 N–H and O–H groups in total. The molecule has 17 heavy (non-hydrogen) atoms. The average molecular weight is 245 g/mol. The molecule has 0 aromatic heterocycles. The molecule has 0 atom stereocenters. The third-order valence-corrected chi connectivity index (χ3v) is 3.47. The first-order valence-corrected chi connectivity index (χ1v) is 6.32. The molecule has 2 rings (SSSR count). The van der Waals surface area contributed by atoms with E-state index in [4.69, 9.17) is 11.6 Å². The predicted molar refractivity (Wildman–Crippen MR) is 76.1 cm³/mol. The molecule has 0 unspecified atom stereocenters. The van der Waals surface area contributed by atoms with E-state index in [-0.39, 0.29) is 0 Å². The van der Waals surface area contributed by atoms with Crippen molar-refractivity contribution in [1.29, 1.82) is 0 Å². The molecule has 1 aromatic rings. The van der Waals surface area contributed by atoms with Crippen LogP contribution in [-0.2, 0) is 0 Å². The fourth-order valence-corrected chi connectivity index (χ4v) is 2.30. The van der Waals surface area contributed by atoms with E-state index in [1.165, 1.54) is 22.3 Å². The van der Waals surface area contributed by atoms with E-state index in [9.17, 15) is 0 Å². The van der Waals surface area contributed by atoms with Gasteiger partial charge in [-0.25, -0.2) is 0 Å². The molecule has 0 fully saturated rings. The van der Waals surface area contributed by atoms with Gasteiger partial charge in [-0.15, -0.1) is 0 Å². The van der Waals surface area contributed by atoms with Gasteiger partial charge in [0, 0.05) is 5.03 Å². The number of hydrogen-bond acceptors (Lipinski definition) is 0. The molecule has 1 aromatic carbocycles. The molecule has 0 spiro atoms. The van der Waals surface area contributed by atoms with Gasteiger partial charge in [0.25, 0.3) is 0 Å². The monoisotopic (exact) mass is 244 g/mol. The lowest BCUT2D eigenvalue weighted by molar-refractivity contribution is 0.918. The van der Waals surface area contributed by atoms with Gasteiger partial charge >= 0.3 is 0 Å². The Morgan fingerprint density at radius 3 is 2.65 bits per heavy atom. The first kappa shape index (κ1) is 12.2. The number of halogens is 1. The Hall–Kier alpha value is -1.27. The van der Waals surface area contributed by atoms with Crippen molar-refractivity contribution in [1.82, 2.24) is 0 Å². The molecule has 1 heteroatoms. The van der Waals surface area contributed by atoms with Crippen LogP contribution in [0.3, 0.4) is 0 Å². The van der Waals surface area contributed by atoms with Crippen LogP contribution >= 0.6 is 11.6 Å². The smallest absolute Gasteiger partial charge is 0.0184 e. The van der Waals surface area contributed by atoms with E-state index in [0.29, 0.717) is 0 Å². The van der Waals surface area contributed by atoms with Gasteiger partial charge in [0.05, 0.1) is 0 Å². The maximum atomic E-state index is 5.95. The van der Waals surface area contributed by atoms with Gasteiger partial charge < -0.3 is 0 Å². The normalized spacial score (nSPS) is 15.2. The maximum Gasteiger partial charge on any atom is 0.0184 e. The zero-order valence-electron chi connectivity index (χ0n) is 10.2. The number of rotatable bonds is 3. The molecule has 0 heterocycles. The standard InChI is InChI=1S/C16H17Cl/c1-12-5-3-4-6-16(12)13(2)11-14-7-9-15(17)10-8-14/h3-7,9H,2,8,10-11H2,1H3. The second-order valence-electron chi connectivity index (χ2n) is 4.53. The van der Waals surface area contributed by atoms with Gasteiger partial charge in [-0.2, -0.15) is 0 Å². The summed E-state index contributed by atoms with van der Waals surface area (Å²) in [5.74, 6) is 0. The van der Waals surface area contributed by atoms with E-state index in [1.807, 2.05) is 6.08 Å². The minimum absolute atomic E-state index is 0.950. The van der Waals surface area contributed by atoms with Crippen LogP contribution in [0, 0.1) is 6.92 Å². The van der Waals surface area contributed by atoms with E-state index in [0.717, 1.165) is 24.3 Å². The van der Waals surface area contributed by atoms with Crippen molar-refractivity contribution in [2.45, 2.75) is 26.2 Å². The Kier molecular flexibility index (Phi) is 3.86. The van der Waals surface area contributed by atoms with Crippen LogP contribution in [0.4, 0.5) is 0 Å². The number of aryl methyl sites for hydroxylation is 1. The molecule has 0 radical (unpaired) electrons. The van der Waals surface area contributed by atoms with Crippen LogP contribution in [0.2, 0.25) is 0 Å². The number of hydrogen-bond donors (Lipinski definition) is 0. The quantitative estimate of drug-likeness (QED) is 0.682. The summed E-state index contributed by atoms with van der Waals surface area (Å²) in [6.07, 6.45) is 7.11. The molecule has 0 nitrogen and oxygen atoms in total. The zero-order chi connectivity index (χ0) is 12.3. The SMILES string of the molecule is C=C(CC1=CC=C(Cl)CC1)c1ccccc1C. The minimum Gasteiger partial charge on any atom is -0.0949 e. The highest BCUT2D eigenvalue weighted by atomic mass is 35.5. The highest BCUT2D eigenvalue weighted by molar-refractivity contribution is 6.29. The largest absolute Gasteiger partial charge is 0.0949 e. The summed E-state index contributed by atoms with van der Waals surface area (Å²) >= 11 is 5.95. The summed E-state index contributed by atoms with van der Waals surface area (Å²) in [7, 11) is 0. The summed E-state index contributed by atoms with van der Waals surface area (Å²) in [6.45, 7) is 6.34. The van der Waals surface area contributed by atoms with E-state index < -0.39 is 0 Å². The fraction of sp³-hybridized carbons (Fsp3) is 0.250. The van der Waals surface area contributed by atoms with Gasteiger partial charge in [0.15, 0.2) is 0 Å². The Labute approximate surface area is 108 Å². The Morgan fingerprint density at radius 1 is 1.24 bits per heavy atom. The first-order valence-electron chi connectivity index (χ1n) is 5.94. The van der Waals surface area contributed by atoms with Crippen LogP contribution in [-0.4, -0.2) is 0 Å². The molecule has 1 aliphatic carbocycles. The minimum atomic E-state index is 0.950.